The van der Waals surface area contributed by atoms with Gasteiger partial charge in [-0.15, -0.1) is 0 Å². The van der Waals surface area contributed by atoms with Gasteiger partial charge in [0.15, 0.2) is 0 Å². The van der Waals surface area contributed by atoms with Crippen LogP contribution in [0.25, 0.3) is 11.3 Å². The lowest BCUT2D eigenvalue weighted by Gasteiger charge is -1.99. The number of carboxylic acid groups (broad SMARTS) is 1. The van der Waals surface area contributed by atoms with Gasteiger partial charge in [-0.25, -0.2) is 4.79 Å². The number of aryl methyl sites for hydroxylation is 1. The number of H-pyrrole nitrogens is 1. The number of aromatic nitrogens is 2. The summed E-state index contributed by atoms with van der Waals surface area (Å²) in [6.07, 6.45) is 0. The van der Waals surface area contributed by atoms with E-state index in [2.05, 4.69) is 10.2 Å². The molecule has 2 aromatic rings. The molecule has 0 aliphatic carbocycles. The highest BCUT2D eigenvalue weighted by atomic mass is 35.5. The number of hydrogen-bond donors (Lipinski definition) is 2. The average Bonchev–Trinajstić information content (AvgIpc) is 2.61. The van der Waals surface area contributed by atoms with Gasteiger partial charge in [0, 0.05) is 5.56 Å². The molecular formula is C11H9ClN2O2. The molecule has 0 bridgehead atoms. The van der Waals surface area contributed by atoms with Crippen LogP contribution in [0.4, 0.5) is 0 Å². The van der Waals surface area contributed by atoms with Crippen LogP contribution in [-0.2, 0) is 0 Å². The highest BCUT2D eigenvalue weighted by Crippen LogP contribution is 2.26. The number of aromatic carboxylic acids is 1. The smallest absolute Gasteiger partial charge is 0.341 e. The summed E-state index contributed by atoms with van der Waals surface area (Å²) in [6, 6.07) is 7.41. The molecule has 2 N–H and O–H groups in total. The minimum absolute atomic E-state index is 0.00511. The third-order valence-corrected chi connectivity index (χ3v) is 2.53. The Bertz CT molecular complexity index is 531. The van der Waals surface area contributed by atoms with Crippen LogP contribution in [-0.4, -0.2) is 21.3 Å². The molecule has 1 aromatic carbocycles. The van der Waals surface area contributed by atoms with Crippen LogP contribution in [0.3, 0.4) is 0 Å². The second-order valence-electron chi connectivity index (χ2n) is 3.43. The highest BCUT2D eigenvalue weighted by Gasteiger charge is 2.19. The summed E-state index contributed by atoms with van der Waals surface area (Å²) >= 11 is 5.72. The number of carbonyl (C=O) groups is 1. The van der Waals surface area contributed by atoms with Crippen LogP contribution in [0.1, 0.15) is 15.9 Å². The molecule has 4 nitrogen and oxygen atoms in total. The van der Waals surface area contributed by atoms with E-state index in [1.165, 1.54) is 0 Å². The third kappa shape index (κ3) is 1.79. The van der Waals surface area contributed by atoms with Crippen molar-refractivity contribution in [2.75, 3.05) is 0 Å². The Morgan fingerprint density at radius 2 is 2.00 bits per heavy atom. The first-order valence-electron chi connectivity index (χ1n) is 4.64. The number of hydrogen-bond acceptors (Lipinski definition) is 2. The number of aromatic amines is 1. The first kappa shape index (κ1) is 10.7. The number of carboxylic acids is 1. The molecule has 0 atom stereocenters. The zero-order valence-corrected chi connectivity index (χ0v) is 9.25. The van der Waals surface area contributed by atoms with Crippen LogP contribution in [0.2, 0.25) is 5.15 Å². The second kappa shape index (κ2) is 3.98. The first-order valence-corrected chi connectivity index (χ1v) is 5.01. The minimum atomic E-state index is -1.09. The number of halogens is 1. The zero-order chi connectivity index (χ0) is 11.7. The fraction of sp³-hybridized carbons (Fsp3) is 0.0909. The predicted octanol–water partition coefficient (Wildman–Crippen LogP) is 2.74. The van der Waals surface area contributed by atoms with Gasteiger partial charge in [-0.05, 0) is 6.92 Å². The van der Waals surface area contributed by atoms with E-state index >= 15 is 0 Å². The topological polar surface area (TPSA) is 66.0 Å². The van der Waals surface area contributed by atoms with Crippen molar-refractivity contribution < 1.29 is 9.90 Å². The molecule has 0 unspecified atom stereocenters. The van der Waals surface area contributed by atoms with Crippen molar-refractivity contribution in [1.82, 2.24) is 10.2 Å². The lowest BCUT2D eigenvalue weighted by molar-refractivity contribution is 0.0698. The molecule has 0 saturated carbocycles. The van der Waals surface area contributed by atoms with E-state index in [4.69, 9.17) is 16.7 Å². The van der Waals surface area contributed by atoms with Gasteiger partial charge in [0.2, 0.25) is 0 Å². The van der Waals surface area contributed by atoms with Crippen molar-refractivity contribution in [3.8, 4) is 11.3 Å². The minimum Gasteiger partial charge on any atom is -0.478 e. The van der Waals surface area contributed by atoms with Crippen molar-refractivity contribution in [3.63, 3.8) is 0 Å². The Balaban J connectivity index is 2.56. The fourth-order valence-corrected chi connectivity index (χ4v) is 1.65. The van der Waals surface area contributed by atoms with Gasteiger partial charge in [0.1, 0.15) is 16.4 Å². The third-order valence-electron chi connectivity index (χ3n) is 2.26. The van der Waals surface area contributed by atoms with Gasteiger partial charge in [-0.2, -0.15) is 5.10 Å². The van der Waals surface area contributed by atoms with Gasteiger partial charge in [0.05, 0.1) is 0 Å². The molecule has 0 aliphatic rings. The summed E-state index contributed by atoms with van der Waals surface area (Å²) in [7, 11) is 0. The molecule has 0 amide bonds. The second-order valence-corrected chi connectivity index (χ2v) is 3.81. The molecule has 1 heterocycles. The average molecular weight is 237 g/mol. The standard InChI is InChI=1S/C11H9ClN2O2/c1-6-2-4-7(5-3-6)9-8(11(15)16)10(12)14-13-9/h2-5H,1H3,(H,13,14)(H,15,16). The van der Waals surface area contributed by atoms with Crippen LogP contribution < -0.4 is 0 Å². The van der Waals surface area contributed by atoms with Crippen molar-refractivity contribution in [3.05, 3.63) is 40.5 Å². The summed E-state index contributed by atoms with van der Waals surface area (Å²) < 4.78 is 0. The maximum Gasteiger partial charge on any atom is 0.341 e. The Morgan fingerprint density at radius 3 is 2.56 bits per heavy atom. The van der Waals surface area contributed by atoms with E-state index in [-0.39, 0.29) is 10.7 Å². The first-order chi connectivity index (χ1) is 7.59. The van der Waals surface area contributed by atoms with Crippen LogP contribution >= 0.6 is 11.6 Å². The van der Waals surface area contributed by atoms with Gasteiger partial charge in [-0.1, -0.05) is 41.4 Å². The van der Waals surface area contributed by atoms with Gasteiger partial charge >= 0.3 is 5.97 Å². The largest absolute Gasteiger partial charge is 0.478 e. The Hall–Kier alpha value is -1.81. The monoisotopic (exact) mass is 236 g/mol. The van der Waals surface area contributed by atoms with Crippen molar-refractivity contribution in [1.29, 1.82) is 0 Å². The zero-order valence-electron chi connectivity index (χ0n) is 8.49. The Labute approximate surface area is 96.9 Å². The summed E-state index contributed by atoms with van der Waals surface area (Å²) in [6.45, 7) is 1.96. The molecule has 0 aliphatic heterocycles. The number of nitrogens with one attached hydrogen (secondary N) is 1. The molecule has 0 spiro atoms. The molecule has 82 valence electrons. The number of rotatable bonds is 2. The normalized spacial score (nSPS) is 10.4. The number of benzene rings is 1. The van der Waals surface area contributed by atoms with Crippen LogP contribution in [0, 0.1) is 6.92 Å². The predicted molar refractivity (Wildman–Crippen MR) is 60.7 cm³/mol. The maximum absolute atomic E-state index is 11.0. The Kier molecular flexibility index (Phi) is 2.66. The lowest BCUT2D eigenvalue weighted by atomic mass is 10.1. The summed E-state index contributed by atoms with van der Waals surface area (Å²) in [5.74, 6) is -1.09. The SMILES string of the molecule is Cc1ccc(-c2n[nH]c(Cl)c2C(=O)O)cc1. The summed E-state index contributed by atoms with van der Waals surface area (Å²) in [5.41, 5.74) is 2.19. The van der Waals surface area contributed by atoms with Crippen molar-refractivity contribution in [2.24, 2.45) is 0 Å². The van der Waals surface area contributed by atoms with E-state index in [0.29, 0.717) is 5.69 Å². The lowest BCUT2D eigenvalue weighted by Crippen LogP contribution is -1.97. The van der Waals surface area contributed by atoms with Crippen molar-refractivity contribution in [2.45, 2.75) is 6.92 Å². The van der Waals surface area contributed by atoms with E-state index in [1.807, 2.05) is 31.2 Å². The molecule has 0 radical (unpaired) electrons. The highest BCUT2D eigenvalue weighted by molar-refractivity contribution is 6.33. The van der Waals surface area contributed by atoms with Gasteiger partial charge in [-0.3, -0.25) is 5.10 Å². The molecule has 5 heteroatoms. The molecular weight excluding hydrogens is 228 g/mol. The number of nitrogens with zero attached hydrogens (tertiary/aromatic N) is 1. The quantitative estimate of drug-likeness (QED) is 0.843. The van der Waals surface area contributed by atoms with Gasteiger partial charge < -0.3 is 5.11 Å². The molecule has 2 rings (SSSR count). The molecule has 0 saturated heterocycles. The van der Waals surface area contributed by atoms with Crippen LogP contribution in [0.5, 0.6) is 0 Å². The van der Waals surface area contributed by atoms with Crippen molar-refractivity contribution >= 4 is 17.6 Å². The molecule has 0 fully saturated rings. The van der Waals surface area contributed by atoms with E-state index in [0.717, 1.165) is 11.1 Å². The summed E-state index contributed by atoms with van der Waals surface area (Å²) in [4.78, 5) is 11.0. The van der Waals surface area contributed by atoms with E-state index < -0.39 is 5.97 Å². The van der Waals surface area contributed by atoms with E-state index in [1.54, 1.807) is 0 Å². The Morgan fingerprint density at radius 1 is 1.38 bits per heavy atom. The van der Waals surface area contributed by atoms with E-state index in [9.17, 15) is 4.79 Å². The maximum atomic E-state index is 11.0. The molecule has 1 aromatic heterocycles. The van der Waals surface area contributed by atoms with Crippen LogP contribution in [0.15, 0.2) is 24.3 Å². The summed E-state index contributed by atoms with van der Waals surface area (Å²) in [5, 5.41) is 15.4. The fourth-order valence-electron chi connectivity index (χ4n) is 1.44. The molecule has 16 heavy (non-hydrogen) atoms. The van der Waals surface area contributed by atoms with Gasteiger partial charge in [0.25, 0.3) is 0 Å².